The van der Waals surface area contributed by atoms with Crippen LogP contribution in [0.15, 0.2) is 48.5 Å². The molecule has 0 atom stereocenters. The van der Waals surface area contributed by atoms with Crippen molar-refractivity contribution in [2.45, 2.75) is 25.8 Å². The van der Waals surface area contributed by atoms with Crippen LogP contribution in [0.2, 0.25) is 0 Å². The topological polar surface area (TPSA) is 23.6 Å². The Hall–Kier alpha value is -2.20. The van der Waals surface area contributed by atoms with Crippen LogP contribution in [0.4, 0.5) is 10.1 Å². The zero-order valence-corrected chi connectivity index (χ0v) is 14.3. The zero-order valence-electron chi connectivity index (χ0n) is 14.3. The molecule has 2 aliphatic rings. The summed E-state index contributed by atoms with van der Waals surface area (Å²) in [6.07, 6.45) is 2.66. The number of amides is 1. The molecule has 2 aliphatic heterocycles. The molecule has 0 spiro atoms. The number of hydrogen-bond acceptors (Lipinski definition) is 2. The maximum Gasteiger partial charge on any atom is 0.230 e. The van der Waals surface area contributed by atoms with E-state index in [1.165, 1.54) is 11.6 Å². The molecule has 4 rings (SSSR count). The molecule has 2 aromatic carbocycles. The van der Waals surface area contributed by atoms with Gasteiger partial charge in [-0.1, -0.05) is 36.4 Å². The molecule has 0 saturated carbocycles. The van der Waals surface area contributed by atoms with Crippen LogP contribution in [0.1, 0.15) is 24.0 Å². The summed E-state index contributed by atoms with van der Waals surface area (Å²) in [5.41, 5.74) is 3.09. The van der Waals surface area contributed by atoms with Gasteiger partial charge < -0.3 is 4.90 Å². The van der Waals surface area contributed by atoms with Gasteiger partial charge in [-0.25, -0.2) is 4.39 Å². The van der Waals surface area contributed by atoms with Crippen LogP contribution >= 0.6 is 0 Å². The molecule has 25 heavy (non-hydrogen) atoms. The Labute approximate surface area is 148 Å². The highest BCUT2D eigenvalue weighted by atomic mass is 19.1. The molecule has 0 radical (unpaired) electrons. The molecule has 0 unspecified atom stereocenters. The number of nitrogens with zero attached hydrogens (tertiary/aromatic N) is 2. The van der Waals surface area contributed by atoms with E-state index < -0.39 is 0 Å². The van der Waals surface area contributed by atoms with E-state index in [4.69, 9.17) is 0 Å². The van der Waals surface area contributed by atoms with Gasteiger partial charge in [0.25, 0.3) is 0 Å². The van der Waals surface area contributed by atoms with Crippen molar-refractivity contribution in [3.05, 3.63) is 65.5 Å². The summed E-state index contributed by atoms with van der Waals surface area (Å²) in [4.78, 5) is 17.1. The van der Waals surface area contributed by atoms with Gasteiger partial charge in [0.2, 0.25) is 5.91 Å². The third kappa shape index (κ3) is 3.31. The minimum atomic E-state index is -0.144. The summed E-state index contributed by atoms with van der Waals surface area (Å²) in [6, 6.07) is 15.1. The van der Waals surface area contributed by atoms with Gasteiger partial charge in [-0.2, -0.15) is 0 Å². The predicted molar refractivity (Wildman–Crippen MR) is 96.9 cm³/mol. The van der Waals surface area contributed by atoms with Gasteiger partial charge in [0.1, 0.15) is 5.82 Å². The van der Waals surface area contributed by atoms with Crippen LogP contribution in [0, 0.1) is 11.7 Å². The Morgan fingerprint density at radius 1 is 1.00 bits per heavy atom. The molecule has 2 heterocycles. The third-order valence-corrected chi connectivity index (χ3v) is 5.44. The molecular formula is C21H23FN2O. The number of likely N-dealkylation sites (tertiary alicyclic amines) is 1. The van der Waals surface area contributed by atoms with Crippen molar-refractivity contribution in [2.75, 3.05) is 24.5 Å². The number of carbonyl (C=O) groups is 1. The molecule has 1 saturated heterocycles. The van der Waals surface area contributed by atoms with E-state index in [0.717, 1.165) is 50.1 Å². The second-order valence-corrected chi connectivity index (χ2v) is 7.01. The van der Waals surface area contributed by atoms with E-state index >= 15 is 0 Å². The molecule has 130 valence electrons. The zero-order chi connectivity index (χ0) is 17.2. The average Bonchev–Trinajstić information content (AvgIpc) is 3.08. The first-order valence-corrected chi connectivity index (χ1v) is 9.07. The minimum absolute atomic E-state index is 0.0861. The van der Waals surface area contributed by atoms with Crippen molar-refractivity contribution >= 4 is 11.6 Å². The van der Waals surface area contributed by atoms with Crippen molar-refractivity contribution < 1.29 is 9.18 Å². The van der Waals surface area contributed by atoms with Crippen molar-refractivity contribution in [3.63, 3.8) is 0 Å². The lowest BCUT2D eigenvalue weighted by Gasteiger charge is -2.33. The second-order valence-electron chi connectivity index (χ2n) is 7.01. The van der Waals surface area contributed by atoms with Crippen LogP contribution in [-0.4, -0.2) is 30.4 Å². The second kappa shape index (κ2) is 6.96. The summed E-state index contributed by atoms with van der Waals surface area (Å²) < 4.78 is 13.8. The van der Waals surface area contributed by atoms with E-state index in [2.05, 4.69) is 11.0 Å². The summed E-state index contributed by atoms with van der Waals surface area (Å²) in [5, 5.41) is 0. The fourth-order valence-electron chi connectivity index (χ4n) is 3.99. The first-order valence-electron chi connectivity index (χ1n) is 9.07. The molecular weight excluding hydrogens is 315 g/mol. The quantitative estimate of drug-likeness (QED) is 0.853. The first-order chi connectivity index (χ1) is 12.2. The van der Waals surface area contributed by atoms with E-state index in [0.29, 0.717) is 6.54 Å². The summed E-state index contributed by atoms with van der Waals surface area (Å²) in [6.45, 7) is 3.12. The molecule has 4 heteroatoms. The summed E-state index contributed by atoms with van der Waals surface area (Å²) in [7, 11) is 0. The Balaban J connectivity index is 1.36. The van der Waals surface area contributed by atoms with Crippen molar-refractivity contribution in [1.29, 1.82) is 0 Å². The smallest absolute Gasteiger partial charge is 0.230 e. The third-order valence-electron chi connectivity index (χ3n) is 5.44. The molecule has 3 nitrogen and oxygen atoms in total. The van der Waals surface area contributed by atoms with Crippen LogP contribution in [-0.2, 0) is 17.8 Å². The number of anilines is 1. The van der Waals surface area contributed by atoms with Crippen LogP contribution in [0.3, 0.4) is 0 Å². The maximum atomic E-state index is 13.8. The van der Waals surface area contributed by atoms with Crippen molar-refractivity contribution in [1.82, 2.24) is 4.90 Å². The molecule has 1 amide bonds. The first kappa shape index (κ1) is 16.3. The minimum Gasteiger partial charge on any atom is -0.312 e. The molecule has 0 aliphatic carbocycles. The Bertz CT molecular complexity index is 768. The maximum absolute atomic E-state index is 13.8. The van der Waals surface area contributed by atoms with Gasteiger partial charge in [0, 0.05) is 30.3 Å². The predicted octanol–water partition coefficient (Wildman–Crippen LogP) is 3.63. The number of fused-ring (bicyclic) bond motifs is 1. The number of para-hydroxylation sites is 1. The van der Waals surface area contributed by atoms with Crippen LogP contribution in [0.5, 0.6) is 0 Å². The normalized spacial score (nSPS) is 18.4. The fourth-order valence-corrected chi connectivity index (χ4v) is 3.99. The van der Waals surface area contributed by atoms with Gasteiger partial charge in [-0.05, 0) is 50.0 Å². The van der Waals surface area contributed by atoms with E-state index in [9.17, 15) is 9.18 Å². The number of rotatable bonds is 3. The Morgan fingerprint density at radius 2 is 1.72 bits per heavy atom. The molecule has 0 aromatic heterocycles. The fraction of sp³-hybridized carbons (Fsp3) is 0.381. The standard InChI is InChI=1S/C21H23FN2O/c22-19-7-3-1-6-18(19)15-23-12-9-17(10-13-23)21(25)24-14-11-16-5-2-4-8-20(16)24/h1-8,17H,9-15H2. The van der Waals surface area contributed by atoms with Gasteiger partial charge in [-0.15, -0.1) is 0 Å². The van der Waals surface area contributed by atoms with E-state index in [1.807, 2.05) is 35.2 Å². The number of benzene rings is 2. The Kier molecular flexibility index (Phi) is 4.53. The van der Waals surface area contributed by atoms with E-state index in [1.54, 1.807) is 6.07 Å². The molecule has 1 fully saturated rings. The highest BCUT2D eigenvalue weighted by Gasteiger charge is 2.32. The van der Waals surface area contributed by atoms with Gasteiger partial charge in [0.05, 0.1) is 0 Å². The van der Waals surface area contributed by atoms with Crippen molar-refractivity contribution in [3.8, 4) is 0 Å². The summed E-state index contributed by atoms with van der Waals surface area (Å²) >= 11 is 0. The summed E-state index contributed by atoms with van der Waals surface area (Å²) in [5.74, 6) is 0.202. The van der Waals surface area contributed by atoms with Crippen LogP contribution < -0.4 is 4.90 Å². The number of hydrogen-bond donors (Lipinski definition) is 0. The van der Waals surface area contributed by atoms with Gasteiger partial charge in [0.15, 0.2) is 0 Å². The largest absolute Gasteiger partial charge is 0.312 e. The van der Waals surface area contributed by atoms with Crippen LogP contribution in [0.25, 0.3) is 0 Å². The van der Waals surface area contributed by atoms with Gasteiger partial charge in [-0.3, -0.25) is 9.69 Å². The molecule has 0 N–H and O–H groups in total. The van der Waals surface area contributed by atoms with Gasteiger partial charge >= 0.3 is 0 Å². The van der Waals surface area contributed by atoms with E-state index in [-0.39, 0.29) is 17.6 Å². The molecule has 0 bridgehead atoms. The lowest BCUT2D eigenvalue weighted by atomic mass is 9.95. The average molecular weight is 338 g/mol. The highest BCUT2D eigenvalue weighted by molar-refractivity contribution is 5.97. The number of halogens is 1. The lowest BCUT2D eigenvalue weighted by Crippen LogP contribution is -2.42. The highest BCUT2D eigenvalue weighted by Crippen LogP contribution is 2.31. The SMILES string of the molecule is O=C(C1CCN(Cc2ccccc2F)CC1)N1CCc2ccccc21. The van der Waals surface area contributed by atoms with Crippen molar-refractivity contribution in [2.24, 2.45) is 5.92 Å². The lowest BCUT2D eigenvalue weighted by molar-refractivity contribution is -0.123. The molecule has 2 aromatic rings. The Morgan fingerprint density at radius 3 is 2.52 bits per heavy atom. The monoisotopic (exact) mass is 338 g/mol. The number of carbonyl (C=O) groups excluding carboxylic acids is 1. The number of piperidine rings is 1.